The molecule has 4 rings (SSSR count). The van der Waals surface area contributed by atoms with Gasteiger partial charge >= 0.3 is 5.97 Å². The Morgan fingerprint density at radius 3 is 2.73 bits per heavy atom. The van der Waals surface area contributed by atoms with Crippen molar-refractivity contribution in [2.75, 3.05) is 6.61 Å². The molecule has 0 aliphatic carbocycles. The number of aromatic nitrogens is 2. The van der Waals surface area contributed by atoms with E-state index in [0.717, 1.165) is 0 Å². The zero-order valence-corrected chi connectivity index (χ0v) is 16.3. The molecule has 30 heavy (non-hydrogen) atoms. The maximum absolute atomic E-state index is 12.5. The number of nitrogens with zero attached hydrogens (tertiary/aromatic N) is 3. The molecule has 0 saturated heterocycles. The molecular weight excluding hydrogens is 414 g/mol. The topological polar surface area (TPSA) is 118 Å². The van der Waals surface area contributed by atoms with Crippen LogP contribution in [0.2, 0.25) is 5.02 Å². The van der Waals surface area contributed by atoms with E-state index in [1.54, 1.807) is 31.2 Å². The molecule has 2 heterocycles. The van der Waals surface area contributed by atoms with Gasteiger partial charge in [-0.15, -0.1) is 10.2 Å². The lowest BCUT2D eigenvalue weighted by molar-refractivity contribution is -0.384. The molecular formula is C20H14ClN3O6. The second-order valence-corrected chi connectivity index (χ2v) is 6.87. The summed E-state index contributed by atoms with van der Waals surface area (Å²) in [4.78, 5) is 22.7. The lowest BCUT2D eigenvalue weighted by Crippen LogP contribution is -2.18. The van der Waals surface area contributed by atoms with Gasteiger partial charge in [-0.3, -0.25) is 10.1 Å². The smallest absolute Gasteiger partial charge is 0.338 e. The number of nitro groups is 1. The SMILES string of the molecule is CC(OC(=O)C1=Cc2cc(Cl)ccc2OC1)c1nnc(-c2ccc([N+](=O)[O-])cc2)o1. The number of rotatable bonds is 5. The van der Waals surface area contributed by atoms with E-state index in [-0.39, 0.29) is 24.1 Å². The molecule has 1 aliphatic rings. The van der Waals surface area contributed by atoms with Gasteiger partial charge in [0.25, 0.3) is 11.6 Å². The van der Waals surface area contributed by atoms with E-state index < -0.39 is 17.0 Å². The van der Waals surface area contributed by atoms with Crippen LogP contribution in [0.15, 0.2) is 52.5 Å². The number of benzene rings is 2. The van der Waals surface area contributed by atoms with Crippen LogP contribution in [0, 0.1) is 10.1 Å². The van der Waals surface area contributed by atoms with Crippen LogP contribution in [0.1, 0.15) is 24.5 Å². The highest BCUT2D eigenvalue weighted by Gasteiger charge is 2.24. The van der Waals surface area contributed by atoms with Gasteiger partial charge in [0.05, 0.1) is 10.5 Å². The van der Waals surface area contributed by atoms with Gasteiger partial charge in [-0.2, -0.15) is 0 Å². The number of esters is 1. The van der Waals surface area contributed by atoms with E-state index in [9.17, 15) is 14.9 Å². The monoisotopic (exact) mass is 427 g/mol. The molecule has 0 amide bonds. The molecule has 9 nitrogen and oxygen atoms in total. The average molecular weight is 428 g/mol. The maximum Gasteiger partial charge on any atom is 0.338 e. The van der Waals surface area contributed by atoms with Crippen LogP contribution in [0.5, 0.6) is 5.75 Å². The highest BCUT2D eigenvalue weighted by atomic mass is 35.5. The van der Waals surface area contributed by atoms with E-state index in [2.05, 4.69) is 10.2 Å². The Hall–Kier alpha value is -3.72. The van der Waals surface area contributed by atoms with Crippen molar-refractivity contribution >= 4 is 29.3 Å². The number of hydrogen-bond acceptors (Lipinski definition) is 8. The summed E-state index contributed by atoms with van der Waals surface area (Å²) < 4.78 is 16.5. The van der Waals surface area contributed by atoms with Crippen LogP contribution < -0.4 is 4.74 Å². The minimum absolute atomic E-state index is 0.0494. The van der Waals surface area contributed by atoms with Gasteiger partial charge in [0, 0.05) is 28.3 Å². The molecule has 0 radical (unpaired) electrons. The molecule has 152 valence electrons. The molecule has 0 N–H and O–H groups in total. The number of non-ortho nitro benzene ring substituents is 1. The van der Waals surface area contributed by atoms with Crippen molar-refractivity contribution in [1.29, 1.82) is 0 Å². The maximum atomic E-state index is 12.5. The van der Waals surface area contributed by atoms with Gasteiger partial charge in [0.1, 0.15) is 12.4 Å². The Morgan fingerprint density at radius 1 is 1.23 bits per heavy atom. The zero-order chi connectivity index (χ0) is 21.3. The molecule has 1 aliphatic heterocycles. The van der Waals surface area contributed by atoms with Crippen molar-refractivity contribution in [3.63, 3.8) is 0 Å². The minimum atomic E-state index is -0.807. The predicted molar refractivity (Wildman–Crippen MR) is 106 cm³/mol. The van der Waals surface area contributed by atoms with Gasteiger partial charge in [-0.25, -0.2) is 4.79 Å². The van der Waals surface area contributed by atoms with Gasteiger partial charge in [0.2, 0.25) is 5.89 Å². The Kier molecular flexibility index (Phi) is 5.20. The summed E-state index contributed by atoms with van der Waals surface area (Å²) >= 11 is 5.98. The van der Waals surface area contributed by atoms with Crippen LogP contribution in [0.25, 0.3) is 17.5 Å². The van der Waals surface area contributed by atoms with E-state index in [1.165, 1.54) is 24.3 Å². The van der Waals surface area contributed by atoms with Crippen LogP contribution in [0.4, 0.5) is 5.69 Å². The molecule has 0 bridgehead atoms. The number of nitro benzene ring substituents is 1. The summed E-state index contributed by atoms with van der Waals surface area (Å²) in [5, 5.41) is 19.1. The van der Waals surface area contributed by atoms with Gasteiger partial charge in [-0.1, -0.05) is 11.6 Å². The third kappa shape index (κ3) is 4.01. The van der Waals surface area contributed by atoms with Gasteiger partial charge in [-0.05, 0) is 43.3 Å². The molecule has 2 aromatic carbocycles. The molecule has 1 unspecified atom stereocenters. The molecule has 0 fully saturated rings. The number of hydrogen-bond donors (Lipinski definition) is 0. The van der Waals surface area contributed by atoms with Crippen LogP contribution in [0.3, 0.4) is 0 Å². The van der Waals surface area contributed by atoms with E-state index in [1.807, 2.05) is 0 Å². The first-order valence-electron chi connectivity index (χ1n) is 8.83. The standard InChI is InChI=1S/C20H14ClN3O6/c1-11(18-22-23-19(30-18)12-2-5-16(6-3-12)24(26)27)29-20(25)14-8-13-9-15(21)4-7-17(13)28-10-14/h2-9,11H,10H2,1H3. The first-order chi connectivity index (χ1) is 14.4. The van der Waals surface area contributed by atoms with Crippen LogP contribution in [-0.2, 0) is 9.53 Å². The van der Waals surface area contributed by atoms with Crippen molar-refractivity contribution in [1.82, 2.24) is 10.2 Å². The van der Waals surface area contributed by atoms with Crippen LogP contribution >= 0.6 is 11.6 Å². The largest absolute Gasteiger partial charge is 0.488 e. The van der Waals surface area contributed by atoms with Crippen molar-refractivity contribution in [2.45, 2.75) is 13.0 Å². The molecule has 0 spiro atoms. The highest BCUT2D eigenvalue weighted by molar-refractivity contribution is 6.30. The molecule has 10 heteroatoms. The minimum Gasteiger partial charge on any atom is -0.488 e. The summed E-state index contributed by atoms with van der Waals surface area (Å²) in [6.07, 6.45) is 0.856. The summed E-state index contributed by atoms with van der Waals surface area (Å²) in [7, 11) is 0. The summed E-state index contributed by atoms with van der Waals surface area (Å²) in [6, 6.07) is 10.8. The van der Waals surface area contributed by atoms with Crippen molar-refractivity contribution < 1.29 is 23.6 Å². The summed E-state index contributed by atoms with van der Waals surface area (Å²) in [5.74, 6) is 0.306. The van der Waals surface area contributed by atoms with Gasteiger partial charge < -0.3 is 13.9 Å². The Morgan fingerprint density at radius 2 is 2.00 bits per heavy atom. The average Bonchev–Trinajstić information content (AvgIpc) is 3.23. The second kappa shape index (κ2) is 7.96. The lowest BCUT2D eigenvalue weighted by atomic mass is 10.1. The fourth-order valence-electron chi connectivity index (χ4n) is 2.79. The van der Waals surface area contributed by atoms with E-state index >= 15 is 0 Å². The van der Waals surface area contributed by atoms with Crippen molar-refractivity contribution in [3.8, 4) is 17.2 Å². The number of ether oxygens (including phenoxy) is 2. The Bertz CT molecular complexity index is 1160. The fraction of sp³-hybridized carbons (Fsp3) is 0.150. The third-order valence-corrected chi connectivity index (χ3v) is 4.58. The summed E-state index contributed by atoms with van der Waals surface area (Å²) in [6.45, 7) is 1.66. The Balaban J connectivity index is 1.46. The molecule has 1 aromatic heterocycles. The Labute approximate surface area is 175 Å². The van der Waals surface area contributed by atoms with Crippen molar-refractivity contribution in [2.24, 2.45) is 0 Å². The zero-order valence-electron chi connectivity index (χ0n) is 15.6. The molecule has 1 atom stereocenters. The number of carbonyl (C=O) groups is 1. The lowest BCUT2D eigenvalue weighted by Gasteiger charge is -2.18. The normalized spacial score (nSPS) is 13.6. The quantitative estimate of drug-likeness (QED) is 0.334. The number of fused-ring (bicyclic) bond motifs is 1. The number of carbonyl (C=O) groups excluding carboxylic acids is 1. The van der Waals surface area contributed by atoms with E-state index in [4.69, 9.17) is 25.5 Å². The first-order valence-corrected chi connectivity index (χ1v) is 9.20. The number of halogens is 1. The molecule has 0 saturated carbocycles. The second-order valence-electron chi connectivity index (χ2n) is 6.44. The van der Waals surface area contributed by atoms with Crippen molar-refractivity contribution in [3.05, 3.63) is 74.6 Å². The third-order valence-electron chi connectivity index (χ3n) is 4.34. The first kappa shape index (κ1) is 19.6. The van der Waals surface area contributed by atoms with Crippen LogP contribution in [-0.4, -0.2) is 27.7 Å². The fourth-order valence-corrected chi connectivity index (χ4v) is 2.97. The predicted octanol–water partition coefficient (Wildman–Crippen LogP) is 4.38. The molecule has 3 aromatic rings. The summed E-state index contributed by atoms with van der Waals surface area (Å²) in [5.41, 5.74) is 1.47. The van der Waals surface area contributed by atoms with E-state index in [0.29, 0.717) is 27.5 Å². The van der Waals surface area contributed by atoms with Gasteiger partial charge in [0.15, 0.2) is 6.10 Å². The highest BCUT2D eigenvalue weighted by Crippen LogP contribution is 2.30.